The molecule has 3 aliphatic heterocycles. The Balaban J connectivity index is 1.49. The molecule has 2 fully saturated rings. The van der Waals surface area contributed by atoms with E-state index in [0.29, 0.717) is 32.5 Å². The molecule has 148 valence electrons. The average molecular weight is 394 g/mol. The van der Waals surface area contributed by atoms with Crippen LogP contribution in [0.5, 0.6) is 0 Å². The number of nitrogens with one attached hydrogen (secondary N) is 1. The summed E-state index contributed by atoms with van der Waals surface area (Å²) in [5.74, 6) is -0.216. The van der Waals surface area contributed by atoms with E-state index >= 15 is 0 Å². The molecule has 7 nitrogen and oxygen atoms in total. The summed E-state index contributed by atoms with van der Waals surface area (Å²) in [7, 11) is 2.07. The lowest BCUT2D eigenvalue weighted by Gasteiger charge is -2.43. The lowest BCUT2D eigenvalue weighted by Crippen LogP contribution is -2.48. The molecule has 1 aromatic rings. The van der Waals surface area contributed by atoms with Gasteiger partial charge in [0.05, 0.1) is 11.5 Å². The molecule has 0 aromatic carbocycles. The van der Waals surface area contributed by atoms with Gasteiger partial charge >= 0.3 is 0 Å². The van der Waals surface area contributed by atoms with Crippen LogP contribution in [0.3, 0.4) is 0 Å². The highest BCUT2D eigenvalue weighted by Crippen LogP contribution is 2.45. The van der Waals surface area contributed by atoms with Crippen LogP contribution >= 0.6 is 11.3 Å². The Labute approximate surface area is 163 Å². The molecule has 1 atom stereocenters. The lowest BCUT2D eigenvalue weighted by atomic mass is 9.85. The van der Waals surface area contributed by atoms with Crippen LogP contribution in [0.2, 0.25) is 0 Å². The van der Waals surface area contributed by atoms with Gasteiger partial charge in [0.15, 0.2) is 0 Å². The molecule has 4 rings (SSSR count). The summed E-state index contributed by atoms with van der Waals surface area (Å²) in [6, 6.07) is 2.25. The van der Waals surface area contributed by atoms with Crippen molar-refractivity contribution in [3.8, 4) is 0 Å². The fourth-order valence-corrected chi connectivity index (χ4v) is 5.75. The number of piperidine rings is 1. The van der Waals surface area contributed by atoms with Crippen LogP contribution in [0.1, 0.15) is 39.4 Å². The number of hydrogen-bond donors (Lipinski definition) is 2. The summed E-state index contributed by atoms with van der Waals surface area (Å²) in [6.07, 6.45) is 3.24. The van der Waals surface area contributed by atoms with E-state index in [9.17, 15) is 9.59 Å². The molecule has 8 heteroatoms. The highest BCUT2D eigenvalue weighted by molar-refractivity contribution is 7.14. The number of carbonyl (C=O) groups is 2. The van der Waals surface area contributed by atoms with Crippen LogP contribution in [0.4, 0.5) is 0 Å². The number of ether oxygens (including phenoxy) is 1. The molecule has 0 radical (unpaired) electrons. The molecule has 1 aromatic heterocycles. The number of nitrogens with zero attached hydrogens (tertiary/aromatic N) is 2. The Morgan fingerprint density at radius 2 is 2.15 bits per heavy atom. The second kappa shape index (κ2) is 7.50. The standard InChI is InChI=1S/C19H27N3O4S/c1-21-6-2-14(11-21)20-18(25)15-10-13-3-9-26-19(17(13)27-15)4-7-22(8-5-19)16(24)12-23/h10,14,23H,2-9,11-12H2,1H3,(H,20,25). The second-order valence-electron chi connectivity index (χ2n) is 7.82. The number of amides is 2. The Bertz CT molecular complexity index is 727. The Morgan fingerprint density at radius 1 is 1.37 bits per heavy atom. The van der Waals surface area contributed by atoms with Crippen molar-refractivity contribution in [2.45, 2.75) is 37.3 Å². The summed E-state index contributed by atoms with van der Waals surface area (Å²) >= 11 is 1.54. The minimum Gasteiger partial charge on any atom is -0.387 e. The number of likely N-dealkylation sites (N-methyl/N-ethyl adjacent to an activating group) is 1. The largest absolute Gasteiger partial charge is 0.387 e. The van der Waals surface area contributed by atoms with Gasteiger partial charge in [-0.2, -0.15) is 0 Å². The number of likely N-dealkylation sites (tertiary alicyclic amines) is 2. The molecule has 0 aliphatic carbocycles. The van der Waals surface area contributed by atoms with Crippen molar-refractivity contribution in [3.63, 3.8) is 0 Å². The molecule has 1 spiro atoms. The predicted molar refractivity (Wildman–Crippen MR) is 102 cm³/mol. The molecular weight excluding hydrogens is 366 g/mol. The number of aliphatic hydroxyl groups is 1. The minimum absolute atomic E-state index is 0.0118. The number of fused-ring (bicyclic) bond motifs is 2. The zero-order valence-electron chi connectivity index (χ0n) is 15.7. The Kier molecular flexibility index (Phi) is 5.24. The van der Waals surface area contributed by atoms with E-state index < -0.39 is 12.2 Å². The minimum atomic E-state index is -0.446. The molecule has 0 bridgehead atoms. The topological polar surface area (TPSA) is 82.1 Å². The van der Waals surface area contributed by atoms with Crippen molar-refractivity contribution in [2.75, 3.05) is 46.4 Å². The molecule has 27 heavy (non-hydrogen) atoms. The lowest BCUT2D eigenvalue weighted by molar-refractivity contribution is -0.143. The third kappa shape index (κ3) is 3.63. The first-order chi connectivity index (χ1) is 13.0. The summed E-state index contributed by atoms with van der Waals surface area (Å²) in [6.45, 7) is 3.27. The van der Waals surface area contributed by atoms with Gasteiger partial charge in [0, 0.05) is 30.6 Å². The molecule has 3 aliphatic rings. The summed E-state index contributed by atoms with van der Waals surface area (Å²) in [4.78, 5) is 30.3. The van der Waals surface area contributed by atoms with Crippen molar-refractivity contribution >= 4 is 23.2 Å². The van der Waals surface area contributed by atoms with Gasteiger partial charge in [-0.15, -0.1) is 11.3 Å². The molecule has 4 heterocycles. The normalized spacial score (nSPS) is 24.8. The average Bonchev–Trinajstić information content (AvgIpc) is 3.29. The van der Waals surface area contributed by atoms with Crippen molar-refractivity contribution in [1.29, 1.82) is 0 Å². The number of carbonyl (C=O) groups excluding carboxylic acids is 2. The first kappa shape index (κ1) is 18.9. The van der Waals surface area contributed by atoms with Crippen molar-refractivity contribution in [1.82, 2.24) is 15.1 Å². The van der Waals surface area contributed by atoms with E-state index in [1.165, 1.54) is 5.56 Å². The first-order valence-electron chi connectivity index (χ1n) is 9.66. The van der Waals surface area contributed by atoms with Crippen LogP contribution in [0.25, 0.3) is 0 Å². The number of rotatable bonds is 3. The third-order valence-electron chi connectivity index (χ3n) is 5.98. The molecule has 2 N–H and O–H groups in total. The Hall–Kier alpha value is -1.48. The van der Waals surface area contributed by atoms with Crippen molar-refractivity contribution in [2.24, 2.45) is 0 Å². The highest BCUT2D eigenvalue weighted by Gasteiger charge is 2.43. The van der Waals surface area contributed by atoms with Gasteiger partial charge in [-0.05, 0) is 50.9 Å². The smallest absolute Gasteiger partial charge is 0.261 e. The summed E-state index contributed by atoms with van der Waals surface area (Å²) in [5, 5.41) is 12.2. The molecular formula is C19H27N3O4S. The van der Waals surface area contributed by atoms with E-state index in [1.54, 1.807) is 16.2 Å². The summed E-state index contributed by atoms with van der Waals surface area (Å²) < 4.78 is 6.21. The number of thiophene rings is 1. The van der Waals surface area contributed by atoms with E-state index in [-0.39, 0.29) is 17.9 Å². The Morgan fingerprint density at radius 3 is 2.81 bits per heavy atom. The predicted octanol–water partition coefficient (Wildman–Crippen LogP) is 0.565. The SMILES string of the molecule is CN1CCC(NC(=O)c2cc3c(s2)C2(CCN(C(=O)CO)CC2)OCC3)C1. The highest BCUT2D eigenvalue weighted by atomic mass is 32.1. The quantitative estimate of drug-likeness (QED) is 0.785. The van der Waals surface area contributed by atoms with Crippen LogP contribution in [-0.4, -0.2) is 79.2 Å². The van der Waals surface area contributed by atoms with Gasteiger partial charge in [0.1, 0.15) is 12.2 Å². The van der Waals surface area contributed by atoms with Gasteiger partial charge in [-0.25, -0.2) is 0 Å². The molecule has 2 saturated heterocycles. The van der Waals surface area contributed by atoms with Gasteiger partial charge in [0.25, 0.3) is 5.91 Å². The maximum Gasteiger partial charge on any atom is 0.261 e. The van der Waals surface area contributed by atoms with E-state index in [4.69, 9.17) is 9.84 Å². The van der Waals surface area contributed by atoms with E-state index in [1.807, 2.05) is 6.07 Å². The maximum atomic E-state index is 12.7. The monoisotopic (exact) mass is 393 g/mol. The van der Waals surface area contributed by atoms with Crippen LogP contribution in [0, 0.1) is 0 Å². The zero-order valence-corrected chi connectivity index (χ0v) is 16.5. The molecule has 1 unspecified atom stereocenters. The second-order valence-corrected chi connectivity index (χ2v) is 8.87. The first-order valence-corrected chi connectivity index (χ1v) is 10.5. The fraction of sp³-hybridized carbons (Fsp3) is 0.684. The van der Waals surface area contributed by atoms with Gasteiger partial charge in [-0.1, -0.05) is 0 Å². The number of hydrogen-bond acceptors (Lipinski definition) is 6. The van der Waals surface area contributed by atoms with Crippen LogP contribution in [0.15, 0.2) is 6.07 Å². The molecule has 0 saturated carbocycles. The van der Waals surface area contributed by atoms with Crippen molar-refractivity contribution < 1.29 is 19.4 Å². The third-order valence-corrected chi connectivity index (χ3v) is 7.34. The van der Waals surface area contributed by atoms with Gasteiger partial charge < -0.3 is 25.0 Å². The van der Waals surface area contributed by atoms with Crippen LogP contribution < -0.4 is 5.32 Å². The van der Waals surface area contributed by atoms with E-state index in [0.717, 1.165) is 35.7 Å². The fourth-order valence-electron chi connectivity index (χ4n) is 4.43. The van der Waals surface area contributed by atoms with Crippen LogP contribution in [-0.2, 0) is 21.6 Å². The molecule has 2 amide bonds. The van der Waals surface area contributed by atoms with Gasteiger partial charge in [-0.3, -0.25) is 9.59 Å². The zero-order chi connectivity index (χ0) is 19.0. The van der Waals surface area contributed by atoms with Crippen molar-refractivity contribution in [3.05, 3.63) is 21.4 Å². The number of aliphatic hydroxyl groups excluding tert-OH is 1. The van der Waals surface area contributed by atoms with E-state index in [2.05, 4.69) is 17.3 Å². The maximum absolute atomic E-state index is 12.7. The summed E-state index contributed by atoms with van der Waals surface area (Å²) in [5.41, 5.74) is 0.818. The van der Waals surface area contributed by atoms with Gasteiger partial charge in [0.2, 0.25) is 5.91 Å².